The van der Waals surface area contributed by atoms with Crippen LogP contribution in [0.4, 0.5) is 0 Å². The van der Waals surface area contributed by atoms with Crippen molar-refractivity contribution in [2.75, 3.05) is 6.54 Å². The highest BCUT2D eigenvalue weighted by Crippen LogP contribution is 2.17. The van der Waals surface area contributed by atoms with Crippen LogP contribution < -0.4 is 5.32 Å². The quantitative estimate of drug-likeness (QED) is 0.882. The number of aryl methyl sites for hydroxylation is 2. The fourth-order valence-corrected chi connectivity index (χ4v) is 2.36. The Morgan fingerprint density at radius 3 is 2.58 bits per heavy atom. The van der Waals surface area contributed by atoms with Gasteiger partial charge in [0.25, 0.3) is 0 Å². The number of nitrogens with one attached hydrogen (secondary N) is 1. The smallest absolute Gasteiger partial charge is 0.0579 e. The lowest BCUT2D eigenvalue weighted by Gasteiger charge is -2.18. The Balaban J connectivity index is 2.21. The average molecular weight is 254 g/mol. The highest BCUT2D eigenvalue weighted by molar-refractivity contribution is 5.25. The van der Waals surface area contributed by atoms with Gasteiger partial charge >= 0.3 is 0 Å². The number of hydrogen-bond donors (Lipinski definition) is 1. The topological polar surface area (TPSA) is 24.9 Å². The lowest BCUT2D eigenvalue weighted by atomic mass is 10.0. The minimum absolute atomic E-state index is 0.284. The van der Waals surface area contributed by atoms with E-state index in [-0.39, 0.29) is 6.04 Å². The molecule has 0 fully saturated rings. The summed E-state index contributed by atoms with van der Waals surface area (Å²) in [4.78, 5) is 4.65. The first-order chi connectivity index (χ1) is 9.19. The molecular formula is C17H22N2. The van der Waals surface area contributed by atoms with Crippen molar-refractivity contribution in [3.05, 3.63) is 65.0 Å². The fraction of sp³-hybridized carbons (Fsp3) is 0.353. The van der Waals surface area contributed by atoms with Crippen LogP contribution >= 0.6 is 0 Å². The van der Waals surface area contributed by atoms with E-state index in [4.69, 9.17) is 0 Å². The summed E-state index contributed by atoms with van der Waals surface area (Å²) in [6.45, 7) is 7.26. The maximum Gasteiger partial charge on any atom is 0.0579 e. The monoisotopic (exact) mass is 254 g/mol. The van der Waals surface area contributed by atoms with E-state index in [1.807, 2.05) is 13.0 Å². The van der Waals surface area contributed by atoms with E-state index in [9.17, 15) is 0 Å². The zero-order chi connectivity index (χ0) is 13.7. The second-order valence-corrected chi connectivity index (χ2v) is 5.01. The van der Waals surface area contributed by atoms with Gasteiger partial charge in [0, 0.05) is 5.69 Å². The van der Waals surface area contributed by atoms with Gasteiger partial charge in [-0.05, 0) is 44.5 Å². The van der Waals surface area contributed by atoms with E-state index in [0.717, 1.165) is 24.4 Å². The molecule has 0 saturated carbocycles. The van der Waals surface area contributed by atoms with Crippen molar-refractivity contribution in [1.29, 1.82) is 0 Å². The van der Waals surface area contributed by atoms with Crippen LogP contribution in [0.25, 0.3) is 0 Å². The van der Waals surface area contributed by atoms with Crippen molar-refractivity contribution < 1.29 is 0 Å². The number of benzene rings is 1. The molecule has 1 aromatic carbocycles. The molecule has 0 aliphatic carbocycles. The van der Waals surface area contributed by atoms with Crippen LogP contribution in [0.1, 0.15) is 35.5 Å². The van der Waals surface area contributed by atoms with Crippen LogP contribution in [0.3, 0.4) is 0 Å². The summed E-state index contributed by atoms with van der Waals surface area (Å²) in [6, 6.07) is 15.2. The van der Waals surface area contributed by atoms with E-state index < -0.39 is 0 Å². The number of nitrogens with zero attached hydrogens (tertiary/aromatic N) is 1. The van der Waals surface area contributed by atoms with Crippen LogP contribution in [0.2, 0.25) is 0 Å². The van der Waals surface area contributed by atoms with Crippen LogP contribution in [0, 0.1) is 13.8 Å². The van der Waals surface area contributed by atoms with Crippen molar-refractivity contribution in [3.63, 3.8) is 0 Å². The zero-order valence-corrected chi connectivity index (χ0v) is 12.0. The third-order valence-corrected chi connectivity index (χ3v) is 3.24. The van der Waals surface area contributed by atoms with Crippen molar-refractivity contribution >= 4 is 0 Å². The number of likely N-dealkylation sites (N-methyl/N-ethyl adjacent to an activating group) is 1. The van der Waals surface area contributed by atoms with Gasteiger partial charge < -0.3 is 5.32 Å². The van der Waals surface area contributed by atoms with Crippen molar-refractivity contribution in [3.8, 4) is 0 Å². The first-order valence-electron chi connectivity index (χ1n) is 6.91. The van der Waals surface area contributed by atoms with Crippen molar-refractivity contribution in [1.82, 2.24) is 10.3 Å². The molecule has 2 nitrogen and oxygen atoms in total. The van der Waals surface area contributed by atoms with Crippen molar-refractivity contribution in [2.45, 2.75) is 33.2 Å². The standard InChI is InChI=1S/C17H22N2/c1-4-18-17(16-10-6-8-14(3)19-16)12-15-9-5-7-13(2)11-15/h5-11,17-18H,4,12H2,1-3H3. The molecule has 1 atom stereocenters. The molecular weight excluding hydrogens is 232 g/mol. The average Bonchev–Trinajstić information content (AvgIpc) is 2.38. The summed E-state index contributed by atoms with van der Waals surface area (Å²) in [7, 11) is 0. The Morgan fingerprint density at radius 1 is 1.11 bits per heavy atom. The molecule has 100 valence electrons. The third kappa shape index (κ3) is 3.90. The maximum absolute atomic E-state index is 4.65. The first-order valence-corrected chi connectivity index (χ1v) is 6.91. The number of aromatic nitrogens is 1. The van der Waals surface area contributed by atoms with Gasteiger partial charge in [0.05, 0.1) is 11.7 Å². The zero-order valence-electron chi connectivity index (χ0n) is 12.0. The summed E-state index contributed by atoms with van der Waals surface area (Å²) in [5.41, 5.74) is 4.87. The molecule has 2 aromatic rings. The van der Waals surface area contributed by atoms with Gasteiger partial charge in [-0.25, -0.2) is 0 Å². The Morgan fingerprint density at radius 2 is 1.89 bits per heavy atom. The van der Waals surface area contributed by atoms with Gasteiger partial charge in [0.1, 0.15) is 0 Å². The van der Waals surface area contributed by atoms with E-state index in [1.54, 1.807) is 0 Å². The molecule has 2 rings (SSSR count). The molecule has 0 aliphatic heterocycles. The normalized spacial score (nSPS) is 12.4. The van der Waals surface area contributed by atoms with E-state index in [0.29, 0.717) is 0 Å². The fourth-order valence-electron chi connectivity index (χ4n) is 2.36. The minimum atomic E-state index is 0.284. The molecule has 0 radical (unpaired) electrons. The Hall–Kier alpha value is -1.67. The summed E-state index contributed by atoms with van der Waals surface area (Å²) >= 11 is 0. The molecule has 1 N–H and O–H groups in total. The Bertz CT molecular complexity index is 534. The van der Waals surface area contributed by atoms with Gasteiger partial charge in [-0.15, -0.1) is 0 Å². The van der Waals surface area contributed by atoms with Gasteiger partial charge in [-0.3, -0.25) is 4.98 Å². The maximum atomic E-state index is 4.65. The summed E-state index contributed by atoms with van der Waals surface area (Å²) < 4.78 is 0. The lowest BCUT2D eigenvalue weighted by molar-refractivity contribution is 0.535. The summed E-state index contributed by atoms with van der Waals surface area (Å²) in [5, 5.41) is 3.53. The molecule has 0 spiro atoms. The number of rotatable bonds is 5. The summed E-state index contributed by atoms with van der Waals surface area (Å²) in [5.74, 6) is 0. The molecule has 19 heavy (non-hydrogen) atoms. The Kier molecular flexibility index (Phi) is 4.69. The molecule has 0 amide bonds. The lowest BCUT2D eigenvalue weighted by Crippen LogP contribution is -2.24. The molecule has 1 aromatic heterocycles. The predicted molar refractivity (Wildman–Crippen MR) is 80.3 cm³/mol. The second kappa shape index (κ2) is 6.48. The van der Waals surface area contributed by atoms with Gasteiger partial charge in [-0.1, -0.05) is 42.8 Å². The molecule has 2 heteroatoms. The number of hydrogen-bond acceptors (Lipinski definition) is 2. The van der Waals surface area contributed by atoms with Crippen LogP contribution in [-0.2, 0) is 6.42 Å². The molecule has 1 heterocycles. The van der Waals surface area contributed by atoms with E-state index in [1.165, 1.54) is 11.1 Å². The van der Waals surface area contributed by atoms with Gasteiger partial charge in [0.15, 0.2) is 0 Å². The molecule has 0 saturated heterocycles. The minimum Gasteiger partial charge on any atom is -0.309 e. The highest BCUT2D eigenvalue weighted by atomic mass is 14.9. The van der Waals surface area contributed by atoms with Crippen LogP contribution in [0.15, 0.2) is 42.5 Å². The highest BCUT2D eigenvalue weighted by Gasteiger charge is 2.12. The number of pyridine rings is 1. The Labute approximate surface area is 115 Å². The van der Waals surface area contributed by atoms with Crippen molar-refractivity contribution in [2.24, 2.45) is 0 Å². The predicted octanol–water partition coefficient (Wildman–Crippen LogP) is 3.59. The SMILES string of the molecule is CCNC(Cc1cccc(C)c1)c1cccc(C)n1. The molecule has 0 aliphatic rings. The van der Waals surface area contributed by atoms with E-state index in [2.05, 4.69) is 60.5 Å². The largest absolute Gasteiger partial charge is 0.309 e. The van der Waals surface area contributed by atoms with Gasteiger partial charge in [-0.2, -0.15) is 0 Å². The van der Waals surface area contributed by atoms with Crippen LogP contribution in [-0.4, -0.2) is 11.5 Å². The third-order valence-electron chi connectivity index (χ3n) is 3.24. The first kappa shape index (κ1) is 13.8. The van der Waals surface area contributed by atoms with E-state index >= 15 is 0 Å². The molecule has 0 bridgehead atoms. The summed E-state index contributed by atoms with van der Waals surface area (Å²) in [6.07, 6.45) is 0.978. The van der Waals surface area contributed by atoms with Crippen LogP contribution in [0.5, 0.6) is 0 Å². The second-order valence-electron chi connectivity index (χ2n) is 5.01. The molecule has 1 unspecified atom stereocenters. The van der Waals surface area contributed by atoms with Gasteiger partial charge in [0.2, 0.25) is 0 Å².